The lowest BCUT2D eigenvalue weighted by atomic mass is 9.80. The zero-order chi connectivity index (χ0) is 20.3. The Balaban J connectivity index is 1.82. The van der Waals surface area contributed by atoms with Crippen molar-refractivity contribution in [2.24, 2.45) is 5.92 Å². The van der Waals surface area contributed by atoms with Gasteiger partial charge < -0.3 is 5.32 Å². The molecule has 1 atom stereocenters. The summed E-state index contributed by atoms with van der Waals surface area (Å²) in [5.74, 6) is -0.402. The lowest BCUT2D eigenvalue weighted by Gasteiger charge is -2.25. The first-order chi connectivity index (χ1) is 13.2. The molecule has 3 rings (SSSR count). The first-order valence-corrected chi connectivity index (χ1v) is 11.7. The molecule has 1 aromatic heterocycles. The SMILES string of the molecule is CS(=O)(=O)c1ccc([C@@H](CC2CCC(=O)CC2)C(=O)Nc2ncc(F)s2)cc1. The quantitative estimate of drug-likeness (QED) is 0.765. The van der Waals surface area contributed by atoms with E-state index in [2.05, 4.69) is 10.3 Å². The first-order valence-electron chi connectivity index (χ1n) is 8.96. The van der Waals surface area contributed by atoms with Crippen molar-refractivity contribution in [1.82, 2.24) is 4.98 Å². The van der Waals surface area contributed by atoms with Crippen molar-refractivity contribution in [1.29, 1.82) is 0 Å². The van der Waals surface area contributed by atoms with Crippen molar-refractivity contribution in [2.45, 2.75) is 42.9 Å². The number of aromatic nitrogens is 1. The van der Waals surface area contributed by atoms with Crippen LogP contribution < -0.4 is 5.32 Å². The number of rotatable bonds is 6. The molecule has 150 valence electrons. The van der Waals surface area contributed by atoms with Gasteiger partial charge >= 0.3 is 0 Å². The number of hydrogen-bond acceptors (Lipinski definition) is 6. The number of nitrogens with one attached hydrogen (secondary N) is 1. The van der Waals surface area contributed by atoms with E-state index in [9.17, 15) is 22.4 Å². The predicted molar refractivity (Wildman–Crippen MR) is 105 cm³/mol. The third kappa shape index (κ3) is 5.23. The molecular weight excluding hydrogens is 403 g/mol. The molecule has 1 aliphatic rings. The molecule has 2 aromatic rings. The van der Waals surface area contributed by atoms with Crippen molar-refractivity contribution in [3.8, 4) is 0 Å². The van der Waals surface area contributed by atoms with Crippen LogP contribution in [0.2, 0.25) is 0 Å². The molecule has 1 fully saturated rings. The Morgan fingerprint density at radius 2 is 1.93 bits per heavy atom. The summed E-state index contributed by atoms with van der Waals surface area (Å²) >= 11 is 0.747. The fraction of sp³-hybridized carbons (Fsp3) is 0.421. The van der Waals surface area contributed by atoms with Crippen LogP contribution in [0.15, 0.2) is 35.4 Å². The van der Waals surface area contributed by atoms with Crippen molar-refractivity contribution in [2.75, 3.05) is 11.6 Å². The molecule has 0 aliphatic heterocycles. The Bertz CT molecular complexity index is 960. The fourth-order valence-electron chi connectivity index (χ4n) is 3.42. The van der Waals surface area contributed by atoms with Gasteiger partial charge in [0.2, 0.25) is 5.91 Å². The summed E-state index contributed by atoms with van der Waals surface area (Å²) in [4.78, 5) is 28.4. The van der Waals surface area contributed by atoms with Crippen LogP contribution in [0, 0.1) is 11.0 Å². The molecule has 0 saturated heterocycles. The van der Waals surface area contributed by atoms with Crippen LogP contribution in [-0.2, 0) is 19.4 Å². The Labute approximate surface area is 167 Å². The standard InChI is InChI=1S/C19H21FN2O4S2/c1-28(25,26)15-8-4-13(5-9-15)16(10-12-2-6-14(23)7-3-12)18(24)22-19-21-11-17(20)27-19/h4-5,8-9,11-12,16H,2-3,6-7,10H2,1H3,(H,21,22,24)/t16-/m1/s1. The summed E-state index contributed by atoms with van der Waals surface area (Å²) in [5.41, 5.74) is 0.679. The Morgan fingerprint density at radius 3 is 2.46 bits per heavy atom. The molecule has 1 aliphatic carbocycles. The maximum Gasteiger partial charge on any atom is 0.233 e. The zero-order valence-electron chi connectivity index (χ0n) is 15.4. The van der Waals surface area contributed by atoms with Crippen molar-refractivity contribution in [3.63, 3.8) is 0 Å². The number of anilines is 1. The summed E-state index contributed by atoms with van der Waals surface area (Å²) in [6, 6.07) is 6.24. The highest BCUT2D eigenvalue weighted by atomic mass is 32.2. The highest BCUT2D eigenvalue weighted by Gasteiger charge is 2.28. The van der Waals surface area contributed by atoms with Crippen LogP contribution in [-0.4, -0.2) is 31.3 Å². The number of benzene rings is 1. The normalized spacial score (nSPS) is 16.7. The molecule has 0 bridgehead atoms. The Hall–Kier alpha value is -2.13. The minimum atomic E-state index is -3.33. The fourth-order valence-corrected chi connectivity index (χ4v) is 4.59. The van der Waals surface area contributed by atoms with Gasteiger partial charge in [-0.2, -0.15) is 4.39 Å². The lowest BCUT2D eigenvalue weighted by Crippen LogP contribution is -2.25. The Morgan fingerprint density at radius 1 is 1.29 bits per heavy atom. The number of Topliss-reactive ketones (excluding diaryl/α,β-unsaturated/α-hetero) is 1. The number of nitrogens with zero attached hydrogens (tertiary/aromatic N) is 1. The van der Waals surface area contributed by atoms with Crippen LogP contribution in [0.1, 0.15) is 43.6 Å². The van der Waals surface area contributed by atoms with Gasteiger partial charge in [-0.25, -0.2) is 13.4 Å². The van der Waals surface area contributed by atoms with Gasteiger partial charge in [0, 0.05) is 19.1 Å². The van der Waals surface area contributed by atoms with E-state index in [1.165, 1.54) is 12.1 Å². The minimum Gasteiger partial charge on any atom is -0.301 e. The van der Waals surface area contributed by atoms with E-state index in [4.69, 9.17) is 0 Å². The van der Waals surface area contributed by atoms with Crippen LogP contribution in [0.3, 0.4) is 0 Å². The zero-order valence-corrected chi connectivity index (χ0v) is 17.0. The molecule has 0 unspecified atom stereocenters. The van der Waals surface area contributed by atoms with Crippen LogP contribution >= 0.6 is 11.3 Å². The van der Waals surface area contributed by atoms with Gasteiger partial charge in [0.15, 0.2) is 20.1 Å². The summed E-state index contributed by atoms with van der Waals surface area (Å²) in [5, 5.41) is 2.34. The molecule has 0 radical (unpaired) electrons. The maximum atomic E-state index is 13.2. The number of sulfone groups is 1. The van der Waals surface area contributed by atoms with E-state index in [0.29, 0.717) is 24.8 Å². The molecule has 28 heavy (non-hydrogen) atoms. The topological polar surface area (TPSA) is 93.2 Å². The molecule has 0 spiro atoms. The molecule has 9 heteroatoms. The number of ketones is 1. The smallest absolute Gasteiger partial charge is 0.233 e. The number of carbonyl (C=O) groups excluding carboxylic acids is 2. The van der Waals surface area contributed by atoms with Crippen LogP contribution in [0.25, 0.3) is 0 Å². The molecule has 1 N–H and O–H groups in total. The van der Waals surface area contributed by atoms with E-state index in [-0.39, 0.29) is 27.6 Å². The molecule has 1 aromatic carbocycles. The largest absolute Gasteiger partial charge is 0.301 e. The van der Waals surface area contributed by atoms with E-state index in [1.54, 1.807) is 12.1 Å². The second-order valence-corrected chi connectivity index (χ2v) is 10.1. The highest BCUT2D eigenvalue weighted by molar-refractivity contribution is 7.90. The minimum absolute atomic E-state index is 0.180. The third-order valence-corrected chi connectivity index (χ3v) is 6.80. The van der Waals surface area contributed by atoms with E-state index in [0.717, 1.165) is 36.6 Å². The second-order valence-electron chi connectivity index (χ2n) is 7.07. The monoisotopic (exact) mass is 424 g/mol. The van der Waals surface area contributed by atoms with Gasteiger partial charge in [0.05, 0.1) is 17.0 Å². The van der Waals surface area contributed by atoms with Gasteiger partial charge in [-0.15, -0.1) is 0 Å². The van der Waals surface area contributed by atoms with Crippen molar-refractivity contribution in [3.05, 3.63) is 41.2 Å². The summed E-state index contributed by atoms with van der Waals surface area (Å²) < 4.78 is 36.6. The number of thiazole rings is 1. The van der Waals surface area contributed by atoms with Crippen LogP contribution in [0.4, 0.5) is 9.52 Å². The number of amides is 1. The second kappa shape index (κ2) is 8.48. The first kappa shape index (κ1) is 20.6. The third-order valence-electron chi connectivity index (χ3n) is 4.97. The summed E-state index contributed by atoms with van der Waals surface area (Å²) in [6.45, 7) is 0. The molecule has 1 heterocycles. The van der Waals surface area contributed by atoms with Crippen molar-refractivity contribution >= 4 is 38.0 Å². The van der Waals surface area contributed by atoms with Gasteiger partial charge in [0.1, 0.15) is 5.78 Å². The highest BCUT2D eigenvalue weighted by Crippen LogP contribution is 2.33. The Kier molecular flexibility index (Phi) is 6.24. The molecular formula is C19H21FN2O4S2. The van der Waals surface area contributed by atoms with E-state index < -0.39 is 20.9 Å². The number of carbonyl (C=O) groups is 2. The summed E-state index contributed by atoms with van der Waals surface area (Å²) in [6.07, 6.45) is 5.20. The summed E-state index contributed by atoms with van der Waals surface area (Å²) in [7, 11) is -3.33. The number of hydrogen-bond donors (Lipinski definition) is 1. The average molecular weight is 425 g/mol. The van der Waals surface area contributed by atoms with Gasteiger partial charge in [-0.3, -0.25) is 9.59 Å². The van der Waals surface area contributed by atoms with Crippen molar-refractivity contribution < 1.29 is 22.4 Å². The maximum absolute atomic E-state index is 13.2. The van der Waals surface area contributed by atoms with E-state index >= 15 is 0 Å². The van der Waals surface area contributed by atoms with Gasteiger partial charge in [-0.1, -0.05) is 23.5 Å². The van der Waals surface area contributed by atoms with Gasteiger partial charge in [-0.05, 0) is 42.9 Å². The van der Waals surface area contributed by atoms with Crippen LogP contribution in [0.5, 0.6) is 0 Å². The molecule has 1 saturated carbocycles. The number of halogens is 1. The lowest BCUT2D eigenvalue weighted by molar-refractivity contribution is -0.121. The van der Waals surface area contributed by atoms with E-state index in [1.807, 2.05) is 0 Å². The predicted octanol–water partition coefficient (Wildman–Crippen LogP) is 3.56. The molecule has 6 nitrogen and oxygen atoms in total. The molecule has 1 amide bonds. The van der Waals surface area contributed by atoms with Gasteiger partial charge in [0.25, 0.3) is 0 Å². The average Bonchev–Trinajstić information content (AvgIpc) is 3.05.